The van der Waals surface area contributed by atoms with Crippen molar-refractivity contribution in [2.24, 2.45) is 0 Å². The number of benzene rings is 1. The Hall–Kier alpha value is -1.99. The van der Waals surface area contributed by atoms with Crippen molar-refractivity contribution in [2.45, 2.75) is 18.9 Å². The number of anilines is 1. The molecule has 0 unspecified atom stereocenters. The Balaban J connectivity index is 2.27. The Labute approximate surface area is 144 Å². The molecule has 0 spiro atoms. The molecule has 1 aromatic carbocycles. The van der Waals surface area contributed by atoms with Crippen LogP contribution in [-0.4, -0.2) is 51.5 Å². The highest BCUT2D eigenvalue weighted by Gasteiger charge is 2.49. The van der Waals surface area contributed by atoms with E-state index in [-0.39, 0.29) is 5.56 Å². The highest BCUT2D eigenvalue weighted by Crippen LogP contribution is 2.33. The summed E-state index contributed by atoms with van der Waals surface area (Å²) in [5, 5.41) is 9.32. The van der Waals surface area contributed by atoms with Gasteiger partial charge in [0.15, 0.2) is 5.75 Å². The van der Waals surface area contributed by atoms with Crippen LogP contribution in [0.15, 0.2) is 18.2 Å². The highest BCUT2D eigenvalue weighted by molar-refractivity contribution is 7.88. The molecule has 0 aromatic heterocycles. The third-order valence-corrected chi connectivity index (χ3v) is 4.82. The fourth-order valence-corrected chi connectivity index (χ4v) is 3.13. The van der Waals surface area contributed by atoms with Crippen LogP contribution in [0.4, 0.5) is 18.9 Å². The molecule has 1 heterocycles. The van der Waals surface area contributed by atoms with Crippen LogP contribution in [0.25, 0.3) is 0 Å². The lowest BCUT2D eigenvalue weighted by atomic mass is 10.1. The molecule has 0 atom stereocenters. The Morgan fingerprint density at radius 1 is 1.24 bits per heavy atom. The van der Waals surface area contributed by atoms with E-state index in [4.69, 9.17) is 0 Å². The molecular weight excluding hydrogens is 359 g/mol. The zero-order valence-corrected chi connectivity index (χ0v) is 14.4. The summed E-state index contributed by atoms with van der Waals surface area (Å²) in [4.78, 5) is 4.09. The quantitative estimate of drug-likeness (QED) is 0.579. The molecule has 138 valence electrons. The molecule has 0 amide bonds. The first kappa shape index (κ1) is 19.3. The third-order valence-electron chi connectivity index (χ3n) is 3.85. The summed E-state index contributed by atoms with van der Waals surface area (Å²) in [5.74, 6) is -0.617. The molecule has 1 aromatic rings. The standard InChI is InChI=1S/C15H18F3N3O3S/c1-2-6-20-7-9-21(10-8-20)13-4-3-5-14(12(13)11-19)24-25(22,23)15(16,17)18/h3-5H,2,6-10H2,1H3. The van der Waals surface area contributed by atoms with Crippen molar-refractivity contribution in [3.63, 3.8) is 0 Å². The monoisotopic (exact) mass is 377 g/mol. The van der Waals surface area contributed by atoms with Crippen LogP contribution >= 0.6 is 0 Å². The molecule has 1 aliphatic heterocycles. The normalized spacial score (nSPS) is 16.5. The summed E-state index contributed by atoms with van der Waals surface area (Å²) in [6.07, 6.45) is 1.02. The van der Waals surface area contributed by atoms with Gasteiger partial charge in [-0.25, -0.2) is 0 Å². The predicted molar refractivity (Wildman–Crippen MR) is 85.7 cm³/mol. The summed E-state index contributed by atoms with van der Waals surface area (Å²) in [6, 6.07) is 5.74. The first-order chi connectivity index (χ1) is 11.7. The number of rotatable bonds is 5. The van der Waals surface area contributed by atoms with Gasteiger partial charge >= 0.3 is 15.6 Å². The molecule has 1 aliphatic rings. The van der Waals surface area contributed by atoms with E-state index in [1.165, 1.54) is 6.07 Å². The van der Waals surface area contributed by atoms with Gasteiger partial charge in [0.25, 0.3) is 0 Å². The van der Waals surface area contributed by atoms with Crippen LogP contribution in [0.1, 0.15) is 18.9 Å². The molecule has 2 rings (SSSR count). The Kier molecular flexibility index (Phi) is 5.80. The lowest BCUT2D eigenvalue weighted by Gasteiger charge is -2.36. The van der Waals surface area contributed by atoms with Crippen LogP contribution < -0.4 is 9.08 Å². The summed E-state index contributed by atoms with van der Waals surface area (Å²) in [5.41, 5.74) is -5.41. The van der Waals surface area contributed by atoms with Crippen molar-refractivity contribution < 1.29 is 25.8 Å². The molecule has 10 heteroatoms. The van der Waals surface area contributed by atoms with Crippen molar-refractivity contribution in [2.75, 3.05) is 37.6 Å². The second-order valence-corrected chi connectivity index (χ2v) is 7.11. The van der Waals surface area contributed by atoms with Gasteiger partial charge in [0.05, 0.1) is 5.69 Å². The van der Waals surface area contributed by atoms with Gasteiger partial charge in [-0.1, -0.05) is 13.0 Å². The number of nitrogens with zero attached hydrogens (tertiary/aromatic N) is 3. The van der Waals surface area contributed by atoms with Gasteiger partial charge in [-0.2, -0.15) is 26.9 Å². The highest BCUT2D eigenvalue weighted by atomic mass is 32.2. The molecule has 0 saturated carbocycles. The van der Waals surface area contributed by atoms with Crippen LogP contribution in [0.2, 0.25) is 0 Å². The second kappa shape index (κ2) is 7.49. The van der Waals surface area contributed by atoms with Gasteiger partial charge in [0, 0.05) is 26.2 Å². The topological polar surface area (TPSA) is 73.6 Å². The lowest BCUT2D eigenvalue weighted by Crippen LogP contribution is -2.46. The summed E-state index contributed by atoms with van der Waals surface area (Å²) < 4.78 is 64.1. The minimum absolute atomic E-state index is 0.223. The maximum absolute atomic E-state index is 12.5. The fraction of sp³-hybridized carbons (Fsp3) is 0.533. The van der Waals surface area contributed by atoms with E-state index in [0.717, 1.165) is 32.1 Å². The molecular formula is C15H18F3N3O3S. The van der Waals surface area contributed by atoms with Gasteiger partial charge in [0.2, 0.25) is 0 Å². The number of piperazine rings is 1. The van der Waals surface area contributed by atoms with Crippen LogP contribution in [0.5, 0.6) is 5.75 Å². The maximum Gasteiger partial charge on any atom is 0.534 e. The molecule has 1 saturated heterocycles. The minimum atomic E-state index is -5.82. The smallest absolute Gasteiger partial charge is 0.375 e. The fourth-order valence-electron chi connectivity index (χ4n) is 2.66. The molecule has 1 fully saturated rings. The predicted octanol–water partition coefficient (Wildman–Crippen LogP) is 2.32. The van der Waals surface area contributed by atoms with E-state index in [1.54, 1.807) is 12.1 Å². The van der Waals surface area contributed by atoms with E-state index >= 15 is 0 Å². The zero-order valence-electron chi connectivity index (χ0n) is 13.6. The van der Waals surface area contributed by atoms with Gasteiger partial charge < -0.3 is 9.08 Å². The molecule has 6 nitrogen and oxygen atoms in total. The second-order valence-electron chi connectivity index (χ2n) is 5.57. The zero-order chi connectivity index (χ0) is 18.7. The van der Waals surface area contributed by atoms with Gasteiger partial charge in [0.1, 0.15) is 11.6 Å². The van der Waals surface area contributed by atoms with E-state index in [1.807, 2.05) is 4.90 Å². The van der Waals surface area contributed by atoms with Crippen molar-refractivity contribution in [3.8, 4) is 11.8 Å². The SMILES string of the molecule is CCCN1CCN(c2cccc(OS(=O)(=O)C(F)(F)F)c2C#N)CC1. The number of hydrogen-bond acceptors (Lipinski definition) is 6. The molecule has 0 bridgehead atoms. The number of halogens is 3. The molecule has 0 N–H and O–H groups in total. The van der Waals surface area contributed by atoms with Crippen molar-refractivity contribution in [3.05, 3.63) is 23.8 Å². The van der Waals surface area contributed by atoms with E-state index in [9.17, 15) is 26.9 Å². The minimum Gasteiger partial charge on any atom is -0.375 e. The van der Waals surface area contributed by atoms with Crippen molar-refractivity contribution in [1.82, 2.24) is 4.90 Å². The Morgan fingerprint density at radius 2 is 1.88 bits per heavy atom. The summed E-state index contributed by atoms with van der Waals surface area (Å²) in [6.45, 7) is 5.71. The number of alkyl halides is 3. The Bertz CT molecular complexity index is 752. The van der Waals surface area contributed by atoms with Crippen molar-refractivity contribution in [1.29, 1.82) is 5.26 Å². The summed E-state index contributed by atoms with van der Waals surface area (Å²) in [7, 11) is -5.82. The maximum atomic E-state index is 12.5. The average molecular weight is 377 g/mol. The van der Waals surface area contributed by atoms with E-state index in [2.05, 4.69) is 16.0 Å². The van der Waals surface area contributed by atoms with Gasteiger partial charge in [-0.3, -0.25) is 4.90 Å². The van der Waals surface area contributed by atoms with Gasteiger partial charge in [-0.05, 0) is 25.1 Å². The molecule has 0 radical (unpaired) electrons. The van der Waals surface area contributed by atoms with Crippen molar-refractivity contribution >= 4 is 15.8 Å². The first-order valence-corrected chi connectivity index (χ1v) is 9.11. The van der Waals surface area contributed by atoms with E-state index in [0.29, 0.717) is 18.8 Å². The van der Waals surface area contributed by atoms with Crippen LogP contribution in [0, 0.1) is 11.3 Å². The van der Waals surface area contributed by atoms with E-state index < -0.39 is 21.4 Å². The number of nitriles is 1. The van der Waals surface area contributed by atoms with Crippen LogP contribution in [-0.2, 0) is 10.1 Å². The Morgan fingerprint density at radius 3 is 2.40 bits per heavy atom. The molecule has 25 heavy (non-hydrogen) atoms. The number of hydrogen-bond donors (Lipinski definition) is 0. The van der Waals surface area contributed by atoms with Gasteiger partial charge in [-0.15, -0.1) is 0 Å². The van der Waals surface area contributed by atoms with Crippen LogP contribution in [0.3, 0.4) is 0 Å². The largest absolute Gasteiger partial charge is 0.534 e. The average Bonchev–Trinajstić information content (AvgIpc) is 2.54. The summed E-state index contributed by atoms with van der Waals surface area (Å²) >= 11 is 0. The molecule has 0 aliphatic carbocycles. The third kappa shape index (κ3) is 4.35. The first-order valence-electron chi connectivity index (χ1n) is 7.70. The lowest BCUT2D eigenvalue weighted by molar-refractivity contribution is -0.0500.